The van der Waals surface area contributed by atoms with Crippen LogP contribution < -0.4 is 4.74 Å². The van der Waals surface area contributed by atoms with Crippen molar-refractivity contribution in [3.05, 3.63) is 59.2 Å². The fraction of sp³-hybridized carbons (Fsp3) is 0.235. The third-order valence-corrected chi connectivity index (χ3v) is 3.77. The first kappa shape index (κ1) is 12.6. The van der Waals surface area contributed by atoms with E-state index in [1.807, 2.05) is 18.2 Å². The zero-order valence-electron chi connectivity index (χ0n) is 11.2. The van der Waals surface area contributed by atoms with Gasteiger partial charge in [0.2, 0.25) is 0 Å². The Kier molecular flexibility index (Phi) is 3.08. The van der Waals surface area contributed by atoms with Crippen LogP contribution in [0.15, 0.2) is 42.5 Å². The van der Waals surface area contributed by atoms with Gasteiger partial charge in [-0.15, -0.1) is 0 Å². The normalized spacial score (nSPS) is 20.2. The molecule has 0 bridgehead atoms. The average Bonchev–Trinajstić information content (AvgIpc) is 2.76. The predicted octanol–water partition coefficient (Wildman–Crippen LogP) is 3.58. The third-order valence-electron chi connectivity index (χ3n) is 3.77. The van der Waals surface area contributed by atoms with Crippen LogP contribution in [-0.2, 0) is 6.42 Å². The maximum atomic E-state index is 9.72. The second-order valence-electron chi connectivity index (χ2n) is 5.21. The zero-order valence-corrected chi connectivity index (χ0v) is 11.2. The first-order chi connectivity index (χ1) is 9.69. The lowest BCUT2D eigenvalue weighted by atomic mass is 10.1. The van der Waals surface area contributed by atoms with Crippen LogP contribution in [0.4, 0.5) is 0 Å². The second-order valence-corrected chi connectivity index (χ2v) is 5.21. The lowest BCUT2D eigenvalue weighted by molar-refractivity contribution is 0.159. The van der Waals surface area contributed by atoms with Crippen molar-refractivity contribution in [2.24, 2.45) is 5.92 Å². The van der Waals surface area contributed by atoms with E-state index < -0.39 is 0 Å². The smallest absolute Gasteiger partial charge is 0.137 e. The number of hydrogen-bond donors (Lipinski definition) is 1. The molecule has 0 spiro atoms. The molecule has 2 aromatic carbocycles. The Hall–Kier alpha value is -2.47. The Morgan fingerprint density at radius 1 is 1.25 bits per heavy atom. The fourth-order valence-corrected chi connectivity index (χ4v) is 2.76. The summed E-state index contributed by atoms with van der Waals surface area (Å²) in [6.07, 6.45) is 1.00. The molecule has 0 heterocycles. The molecular weight excluding hydrogens is 250 g/mol. The van der Waals surface area contributed by atoms with E-state index in [-0.39, 0.29) is 17.4 Å². The summed E-state index contributed by atoms with van der Waals surface area (Å²) in [6, 6.07) is 15.0. The lowest BCUT2D eigenvalue weighted by Crippen LogP contribution is -2.11. The van der Waals surface area contributed by atoms with Gasteiger partial charge in [0.1, 0.15) is 23.7 Å². The number of phenols is 1. The van der Waals surface area contributed by atoms with E-state index in [2.05, 4.69) is 19.1 Å². The standard InChI is InChI=1S/C17H15NO2/c1-11-8-12-4-2-3-5-15(12)17(11)20-14-7-6-13(10-18)16(19)9-14/h2-7,9,11,17,19H,8H2,1H3/t11-,17?/m1/s1. The van der Waals surface area contributed by atoms with E-state index in [1.165, 1.54) is 17.2 Å². The number of nitriles is 1. The molecule has 1 aliphatic carbocycles. The third kappa shape index (κ3) is 2.10. The number of rotatable bonds is 2. The molecule has 0 radical (unpaired) electrons. The van der Waals surface area contributed by atoms with Crippen LogP contribution in [0.5, 0.6) is 11.5 Å². The summed E-state index contributed by atoms with van der Waals surface area (Å²) < 4.78 is 6.02. The van der Waals surface area contributed by atoms with Crippen molar-refractivity contribution in [2.45, 2.75) is 19.4 Å². The molecule has 0 saturated heterocycles. The Balaban J connectivity index is 1.88. The molecule has 0 fully saturated rings. The molecule has 100 valence electrons. The minimum Gasteiger partial charge on any atom is -0.506 e. The summed E-state index contributed by atoms with van der Waals surface area (Å²) in [5.74, 6) is 0.948. The lowest BCUT2D eigenvalue weighted by Gasteiger charge is -2.19. The predicted molar refractivity (Wildman–Crippen MR) is 75.5 cm³/mol. The van der Waals surface area contributed by atoms with Crippen molar-refractivity contribution in [2.75, 3.05) is 0 Å². The molecule has 0 amide bonds. The molecule has 0 aliphatic heterocycles. The molecule has 1 N–H and O–H groups in total. The number of nitrogens with zero attached hydrogens (tertiary/aromatic N) is 1. The minimum absolute atomic E-state index is 0.00136. The number of aromatic hydroxyl groups is 1. The van der Waals surface area contributed by atoms with Gasteiger partial charge in [0.25, 0.3) is 0 Å². The molecule has 2 aromatic rings. The average molecular weight is 265 g/mol. The SMILES string of the molecule is C[C@@H]1Cc2ccccc2C1Oc1ccc(C#N)c(O)c1. The zero-order chi connectivity index (χ0) is 14.1. The van der Waals surface area contributed by atoms with E-state index in [0.29, 0.717) is 11.7 Å². The minimum atomic E-state index is -0.0380. The highest BCUT2D eigenvalue weighted by Gasteiger charge is 2.30. The summed E-state index contributed by atoms with van der Waals surface area (Å²) in [6.45, 7) is 2.16. The maximum Gasteiger partial charge on any atom is 0.137 e. The largest absolute Gasteiger partial charge is 0.506 e. The van der Waals surface area contributed by atoms with E-state index in [0.717, 1.165) is 6.42 Å². The van der Waals surface area contributed by atoms with Gasteiger partial charge in [-0.3, -0.25) is 0 Å². The van der Waals surface area contributed by atoms with E-state index in [1.54, 1.807) is 12.1 Å². The number of hydrogen-bond acceptors (Lipinski definition) is 3. The van der Waals surface area contributed by atoms with Gasteiger partial charge in [-0.2, -0.15) is 5.26 Å². The monoisotopic (exact) mass is 265 g/mol. The highest BCUT2D eigenvalue weighted by Crippen LogP contribution is 2.39. The second kappa shape index (κ2) is 4.90. The van der Waals surface area contributed by atoms with Gasteiger partial charge in [-0.1, -0.05) is 31.2 Å². The van der Waals surface area contributed by atoms with Gasteiger partial charge in [-0.25, -0.2) is 0 Å². The molecule has 0 saturated carbocycles. The molecule has 3 nitrogen and oxygen atoms in total. The quantitative estimate of drug-likeness (QED) is 0.903. The van der Waals surface area contributed by atoms with Crippen molar-refractivity contribution in [3.8, 4) is 17.6 Å². The van der Waals surface area contributed by atoms with Crippen LogP contribution in [0, 0.1) is 17.2 Å². The number of ether oxygens (including phenoxy) is 1. The van der Waals surface area contributed by atoms with Gasteiger partial charge >= 0.3 is 0 Å². The summed E-state index contributed by atoms with van der Waals surface area (Å²) >= 11 is 0. The first-order valence-electron chi connectivity index (χ1n) is 6.66. The van der Waals surface area contributed by atoms with E-state index in [4.69, 9.17) is 10.00 Å². The molecule has 1 aliphatic rings. The molecular formula is C17H15NO2. The van der Waals surface area contributed by atoms with Gasteiger partial charge in [0, 0.05) is 12.0 Å². The summed E-state index contributed by atoms with van der Waals surface area (Å²) in [7, 11) is 0. The maximum absolute atomic E-state index is 9.72. The summed E-state index contributed by atoms with van der Waals surface area (Å²) in [5, 5.41) is 18.5. The highest BCUT2D eigenvalue weighted by molar-refractivity contribution is 5.47. The van der Waals surface area contributed by atoms with Crippen LogP contribution >= 0.6 is 0 Å². The first-order valence-corrected chi connectivity index (χ1v) is 6.66. The van der Waals surface area contributed by atoms with Crippen LogP contribution in [0.2, 0.25) is 0 Å². The van der Waals surface area contributed by atoms with E-state index in [9.17, 15) is 5.11 Å². The van der Waals surface area contributed by atoms with Crippen LogP contribution in [0.3, 0.4) is 0 Å². The Labute approximate surface area is 118 Å². The Morgan fingerprint density at radius 2 is 2.05 bits per heavy atom. The van der Waals surface area contributed by atoms with Crippen LogP contribution in [0.1, 0.15) is 29.7 Å². The van der Waals surface area contributed by atoms with Gasteiger partial charge in [0.15, 0.2) is 0 Å². The highest BCUT2D eigenvalue weighted by atomic mass is 16.5. The number of fused-ring (bicyclic) bond motifs is 1. The van der Waals surface area contributed by atoms with Crippen molar-refractivity contribution in [1.29, 1.82) is 5.26 Å². The van der Waals surface area contributed by atoms with Crippen molar-refractivity contribution in [3.63, 3.8) is 0 Å². The topological polar surface area (TPSA) is 53.2 Å². The number of benzene rings is 2. The van der Waals surface area contributed by atoms with E-state index >= 15 is 0 Å². The van der Waals surface area contributed by atoms with Gasteiger partial charge < -0.3 is 9.84 Å². The van der Waals surface area contributed by atoms with Crippen molar-refractivity contribution in [1.82, 2.24) is 0 Å². The molecule has 3 rings (SSSR count). The molecule has 3 heteroatoms. The fourth-order valence-electron chi connectivity index (χ4n) is 2.76. The summed E-state index contributed by atoms with van der Waals surface area (Å²) in [4.78, 5) is 0. The molecule has 0 aromatic heterocycles. The van der Waals surface area contributed by atoms with Gasteiger partial charge in [0.05, 0.1) is 5.56 Å². The Morgan fingerprint density at radius 3 is 2.80 bits per heavy atom. The molecule has 20 heavy (non-hydrogen) atoms. The van der Waals surface area contributed by atoms with Crippen LogP contribution in [0.25, 0.3) is 0 Å². The van der Waals surface area contributed by atoms with Gasteiger partial charge in [-0.05, 0) is 29.7 Å². The summed E-state index contributed by atoms with van der Waals surface area (Å²) in [5.41, 5.74) is 2.80. The van der Waals surface area contributed by atoms with Crippen LogP contribution in [-0.4, -0.2) is 5.11 Å². The number of phenolic OH excluding ortho intramolecular Hbond substituents is 1. The molecule has 2 atom stereocenters. The Bertz CT molecular complexity index is 688. The van der Waals surface area contributed by atoms with Crippen molar-refractivity contribution < 1.29 is 9.84 Å². The molecule has 1 unspecified atom stereocenters. The van der Waals surface area contributed by atoms with Crippen molar-refractivity contribution >= 4 is 0 Å².